The molecule has 0 spiro atoms. The molecule has 0 aliphatic carbocycles. The molecule has 0 aromatic heterocycles. The molecule has 4 nitrogen and oxygen atoms in total. The number of hydrogen-bond donors (Lipinski definition) is 2. The Labute approximate surface area is 129 Å². The van der Waals surface area contributed by atoms with Crippen molar-refractivity contribution in [1.29, 1.82) is 0 Å². The van der Waals surface area contributed by atoms with Crippen molar-refractivity contribution in [2.24, 2.45) is 5.73 Å². The molecule has 3 N–H and O–H groups in total. The molecule has 114 valence electrons. The minimum absolute atomic E-state index is 0.223. The average Bonchev–Trinajstić information content (AvgIpc) is 2.46. The molecule has 2 aromatic rings. The molecule has 0 radical (unpaired) electrons. The Balaban J connectivity index is 2.17. The largest absolute Gasteiger partial charge is 0.487 e. The van der Waals surface area contributed by atoms with Crippen LogP contribution in [0.5, 0.6) is 5.75 Å². The number of carbonyl (C=O) groups is 1. The molecule has 2 aromatic carbocycles. The number of fused-ring (bicyclic) bond motifs is 1. The van der Waals surface area contributed by atoms with Crippen LogP contribution in [0.4, 0.5) is 0 Å². The Morgan fingerprint density at radius 3 is 2.45 bits per heavy atom. The predicted molar refractivity (Wildman–Crippen MR) is 84.7 cm³/mol. The van der Waals surface area contributed by atoms with E-state index in [9.17, 15) is 9.90 Å². The normalized spacial score (nSPS) is 22.5. The molecule has 1 heterocycles. The first kappa shape index (κ1) is 14.6. The Morgan fingerprint density at radius 2 is 1.82 bits per heavy atom. The Bertz CT molecular complexity index is 724. The first-order chi connectivity index (χ1) is 10.3. The predicted octanol–water partition coefficient (Wildman–Crippen LogP) is 3.15. The summed E-state index contributed by atoms with van der Waals surface area (Å²) in [4.78, 5) is 11.8. The second-order valence-electron chi connectivity index (χ2n) is 6.39. The summed E-state index contributed by atoms with van der Waals surface area (Å²) in [7, 11) is 0. The zero-order chi connectivity index (χ0) is 16.0. The van der Waals surface area contributed by atoms with Gasteiger partial charge in [0.2, 0.25) is 0 Å². The molecule has 4 heteroatoms. The summed E-state index contributed by atoms with van der Waals surface area (Å²) in [5.74, 6) is -0.490. The van der Waals surface area contributed by atoms with Crippen LogP contribution >= 0.6 is 0 Å². The van der Waals surface area contributed by atoms with E-state index < -0.39 is 17.1 Å². The summed E-state index contributed by atoms with van der Waals surface area (Å²) in [5, 5.41) is 9.66. The van der Waals surface area contributed by atoms with Gasteiger partial charge in [-0.25, -0.2) is 4.79 Å². The summed E-state index contributed by atoms with van der Waals surface area (Å²) in [6.07, 6.45) is 0.223. The van der Waals surface area contributed by atoms with E-state index in [1.54, 1.807) is 0 Å². The average molecular weight is 297 g/mol. The maximum atomic E-state index is 11.8. The standard InChI is InChI=1S/C18H19NO3/c1-17(2)11-18(19,16(20)21)14-10-13(8-9-15(14)22-17)12-6-4-3-5-7-12/h3-10H,11,19H2,1-2H3,(H,20,21). The first-order valence-electron chi connectivity index (χ1n) is 7.23. The van der Waals surface area contributed by atoms with Crippen molar-refractivity contribution in [3.63, 3.8) is 0 Å². The Morgan fingerprint density at radius 1 is 1.14 bits per heavy atom. The van der Waals surface area contributed by atoms with Gasteiger partial charge in [-0.05, 0) is 37.1 Å². The molecule has 0 bridgehead atoms. The summed E-state index contributed by atoms with van der Waals surface area (Å²) in [6.45, 7) is 3.71. The molecule has 0 saturated carbocycles. The number of nitrogens with two attached hydrogens (primary N) is 1. The van der Waals surface area contributed by atoms with Crippen LogP contribution in [0.15, 0.2) is 48.5 Å². The van der Waals surface area contributed by atoms with Crippen LogP contribution in [-0.2, 0) is 10.3 Å². The third-order valence-corrected chi connectivity index (χ3v) is 4.04. The van der Waals surface area contributed by atoms with Crippen molar-refractivity contribution in [1.82, 2.24) is 0 Å². The van der Waals surface area contributed by atoms with E-state index in [0.717, 1.165) is 11.1 Å². The number of rotatable bonds is 2. The van der Waals surface area contributed by atoms with Gasteiger partial charge in [-0.1, -0.05) is 36.4 Å². The van der Waals surface area contributed by atoms with Gasteiger partial charge in [-0.15, -0.1) is 0 Å². The van der Waals surface area contributed by atoms with Crippen LogP contribution in [-0.4, -0.2) is 16.7 Å². The molecule has 1 aliphatic rings. The fourth-order valence-corrected chi connectivity index (χ4v) is 3.07. The van der Waals surface area contributed by atoms with Crippen molar-refractivity contribution < 1.29 is 14.6 Å². The fourth-order valence-electron chi connectivity index (χ4n) is 3.07. The van der Waals surface area contributed by atoms with E-state index in [0.29, 0.717) is 11.3 Å². The summed E-state index contributed by atoms with van der Waals surface area (Å²) >= 11 is 0. The Kier molecular flexibility index (Phi) is 3.22. The van der Waals surface area contributed by atoms with Crippen LogP contribution in [0.1, 0.15) is 25.8 Å². The highest BCUT2D eigenvalue weighted by atomic mass is 16.5. The number of ether oxygens (including phenoxy) is 1. The van der Waals surface area contributed by atoms with Gasteiger partial charge in [0.1, 0.15) is 16.9 Å². The van der Waals surface area contributed by atoms with Crippen LogP contribution in [0.25, 0.3) is 11.1 Å². The summed E-state index contributed by atoms with van der Waals surface area (Å²) in [5.41, 5.74) is 6.67. The molecular formula is C18H19NO3. The van der Waals surface area contributed by atoms with E-state index in [1.165, 1.54) is 0 Å². The van der Waals surface area contributed by atoms with Crippen molar-refractivity contribution in [2.75, 3.05) is 0 Å². The second kappa shape index (κ2) is 4.85. The lowest BCUT2D eigenvalue weighted by Crippen LogP contribution is -2.54. The molecule has 0 saturated heterocycles. The second-order valence-corrected chi connectivity index (χ2v) is 6.39. The Hall–Kier alpha value is -2.33. The van der Waals surface area contributed by atoms with Gasteiger partial charge in [0.05, 0.1) is 0 Å². The first-order valence-corrected chi connectivity index (χ1v) is 7.23. The van der Waals surface area contributed by atoms with E-state index in [-0.39, 0.29) is 6.42 Å². The van der Waals surface area contributed by atoms with Gasteiger partial charge in [0.25, 0.3) is 0 Å². The van der Waals surface area contributed by atoms with Crippen LogP contribution < -0.4 is 10.5 Å². The fraction of sp³-hybridized carbons (Fsp3) is 0.278. The molecular weight excluding hydrogens is 278 g/mol. The van der Waals surface area contributed by atoms with Crippen LogP contribution in [0, 0.1) is 0 Å². The summed E-state index contributed by atoms with van der Waals surface area (Å²) < 4.78 is 5.91. The van der Waals surface area contributed by atoms with E-state index in [1.807, 2.05) is 62.4 Å². The molecule has 1 unspecified atom stereocenters. The van der Waals surface area contributed by atoms with Crippen molar-refractivity contribution >= 4 is 5.97 Å². The molecule has 0 fully saturated rings. The quantitative estimate of drug-likeness (QED) is 0.893. The number of carboxylic acid groups (broad SMARTS) is 1. The van der Waals surface area contributed by atoms with Gasteiger partial charge in [-0.2, -0.15) is 0 Å². The third kappa shape index (κ3) is 2.35. The smallest absolute Gasteiger partial charge is 0.328 e. The van der Waals surface area contributed by atoms with E-state index in [2.05, 4.69) is 0 Å². The van der Waals surface area contributed by atoms with Gasteiger partial charge in [0, 0.05) is 12.0 Å². The summed E-state index contributed by atoms with van der Waals surface area (Å²) in [6, 6.07) is 15.4. The molecule has 0 amide bonds. The highest BCUT2D eigenvalue weighted by molar-refractivity contribution is 5.83. The zero-order valence-electron chi connectivity index (χ0n) is 12.7. The minimum atomic E-state index is -1.44. The number of hydrogen-bond acceptors (Lipinski definition) is 3. The molecule has 1 aliphatic heterocycles. The van der Waals surface area contributed by atoms with E-state index >= 15 is 0 Å². The van der Waals surface area contributed by atoms with Crippen molar-refractivity contribution in [2.45, 2.75) is 31.4 Å². The van der Waals surface area contributed by atoms with Gasteiger partial charge in [-0.3, -0.25) is 0 Å². The van der Waals surface area contributed by atoms with Gasteiger partial charge >= 0.3 is 5.97 Å². The monoisotopic (exact) mass is 297 g/mol. The van der Waals surface area contributed by atoms with E-state index in [4.69, 9.17) is 10.5 Å². The highest BCUT2D eigenvalue weighted by Crippen LogP contribution is 2.43. The lowest BCUT2D eigenvalue weighted by molar-refractivity contribution is -0.147. The SMILES string of the molecule is CC1(C)CC(N)(C(=O)O)c2cc(-c3ccccc3)ccc2O1. The molecule has 1 atom stereocenters. The lowest BCUT2D eigenvalue weighted by atomic mass is 9.77. The van der Waals surface area contributed by atoms with Crippen molar-refractivity contribution in [3.05, 3.63) is 54.1 Å². The van der Waals surface area contributed by atoms with Gasteiger partial charge < -0.3 is 15.6 Å². The van der Waals surface area contributed by atoms with Crippen LogP contribution in [0.2, 0.25) is 0 Å². The topological polar surface area (TPSA) is 72.6 Å². The molecule has 3 rings (SSSR count). The van der Waals surface area contributed by atoms with Gasteiger partial charge in [0.15, 0.2) is 0 Å². The third-order valence-electron chi connectivity index (χ3n) is 4.04. The van der Waals surface area contributed by atoms with Crippen molar-refractivity contribution in [3.8, 4) is 16.9 Å². The zero-order valence-corrected chi connectivity index (χ0v) is 12.7. The molecule has 22 heavy (non-hydrogen) atoms. The van der Waals surface area contributed by atoms with Crippen LogP contribution in [0.3, 0.4) is 0 Å². The lowest BCUT2D eigenvalue weighted by Gasteiger charge is -2.41. The number of aliphatic carboxylic acids is 1. The maximum Gasteiger partial charge on any atom is 0.328 e. The number of carboxylic acids is 1. The highest BCUT2D eigenvalue weighted by Gasteiger charge is 2.48. The maximum absolute atomic E-state index is 11.8. The minimum Gasteiger partial charge on any atom is -0.487 e. The number of benzene rings is 2.